The van der Waals surface area contributed by atoms with Crippen LogP contribution in [0.5, 0.6) is 0 Å². The lowest BCUT2D eigenvalue weighted by molar-refractivity contribution is -0.140. The van der Waals surface area contributed by atoms with Crippen LogP contribution in [0, 0.1) is 11.6 Å². The number of ether oxygens (including phenoxy) is 1. The van der Waals surface area contributed by atoms with Gasteiger partial charge in [0.05, 0.1) is 23.9 Å². The summed E-state index contributed by atoms with van der Waals surface area (Å²) >= 11 is 0. The molecule has 1 aliphatic rings. The van der Waals surface area contributed by atoms with Crippen LogP contribution in [0.25, 0.3) is 0 Å². The van der Waals surface area contributed by atoms with Crippen molar-refractivity contribution in [3.05, 3.63) is 100 Å². The molecule has 0 aromatic heterocycles. The molecular weight excluding hydrogens is 539 g/mol. The molecule has 0 spiro atoms. The van der Waals surface area contributed by atoms with Crippen LogP contribution < -0.4 is 4.90 Å². The minimum atomic E-state index is -5.07. The van der Waals surface area contributed by atoms with Crippen molar-refractivity contribution in [3.63, 3.8) is 0 Å². The van der Waals surface area contributed by atoms with Crippen LogP contribution in [0.3, 0.4) is 0 Å². The Balaban J connectivity index is 1.70. The second-order valence-corrected chi connectivity index (χ2v) is 9.43. The fourth-order valence-electron chi connectivity index (χ4n) is 4.30. The fourth-order valence-corrected chi connectivity index (χ4v) is 4.30. The number of halogens is 5. The zero-order chi connectivity index (χ0) is 29.6. The number of anilines is 1. The Bertz CT molecular complexity index is 1530. The number of nitrogens with zero attached hydrogens (tertiary/aromatic N) is 2. The summed E-state index contributed by atoms with van der Waals surface area (Å²) in [5, 5.41) is 0. The molecule has 40 heavy (non-hydrogen) atoms. The molecule has 3 amide bonds. The summed E-state index contributed by atoms with van der Waals surface area (Å²) in [4.78, 5) is 53.1. The summed E-state index contributed by atoms with van der Waals surface area (Å²) in [5.41, 5.74) is -3.45. The van der Waals surface area contributed by atoms with Crippen LogP contribution in [0.15, 0.2) is 60.7 Å². The van der Waals surface area contributed by atoms with Crippen molar-refractivity contribution in [2.75, 3.05) is 12.0 Å². The maximum atomic E-state index is 14.2. The lowest BCUT2D eigenvalue weighted by Crippen LogP contribution is -2.43. The van der Waals surface area contributed by atoms with Gasteiger partial charge >= 0.3 is 18.2 Å². The number of urea groups is 1. The van der Waals surface area contributed by atoms with Gasteiger partial charge in [-0.05, 0) is 61.9 Å². The summed E-state index contributed by atoms with van der Waals surface area (Å²) < 4.78 is 72.5. The molecule has 0 N–H and O–H groups in total. The first-order valence-electron chi connectivity index (χ1n) is 11.7. The molecule has 0 unspecified atom stereocenters. The standard InChI is InChI=1S/C28H21F5N2O5/c1-27(2)25(38)35(19-10-11-22(30)21(13-19)28(31,32)33)26(39)34(27)14-17-8-9-18(29)12-20(17)23(36)15-4-6-16(7-5-15)24(37)40-3/h4-13H,14H2,1-3H3. The maximum Gasteiger partial charge on any atom is 0.419 e. The SMILES string of the molecule is COC(=O)c1ccc(C(=O)c2cc(F)ccc2CN2C(=O)N(c3ccc(F)c(C(F)(F)F)c3)C(=O)C2(C)C)cc1. The lowest BCUT2D eigenvalue weighted by Gasteiger charge is -2.28. The number of carbonyl (C=O) groups is 4. The predicted octanol–water partition coefficient (Wildman–Crippen LogP) is 5.75. The molecule has 3 aromatic rings. The molecule has 4 rings (SSSR count). The number of alkyl halides is 3. The minimum Gasteiger partial charge on any atom is -0.465 e. The van der Waals surface area contributed by atoms with Crippen molar-refractivity contribution in [1.82, 2.24) is 4.90 Å². The van der Waals surface area contributed by atoms with E-state index in [0.29, 0.717) is 17.0 Å². The Hall–Kier alpha value is -4.61. The monoisotopic (exact) mass is 560 g/mol. The van der Waals surface area contributed by atoms with Crippen molar-refractivity contribution < 1.29 is 45.9 Å². The van der Waals surface area contributed by atoms with E-state index in [4.69, 9.17) is 0 Å². The number of ketones is 1. The first-order chi connectivity index (χ1) is 18.7. The molecule has 0 radical (unpaired) electrons. The average molecular weight is 560 g/mol. The van der Waals surface area contributed by atoms with Gasteiger partial charge < -0.3 is 9.64 Å². The van der Waals surface area contributed by atoms with E-state index in [2.05, 4.69) is 4.74 Å². The number of hydrogen-bond donors (Lipinski definition) is 0. The van der Waals surface area contributed by atoms with Crippen molar-refractivity contribution in [2.45, 2.75) is 32.1 Å². The Morgan fingerprint density at radius 3 is 2.12 bits per heavy atom. The molecule has 12 heteroatoms. The number of esters is 1. The second kappa shape index (κ2) is 10.2. The van der Waals surface area contributed by atoms with Crippen LogP contribution in [0.2, 0.25) is 0 Å². The van der Waals surface area contributed by atoms with Gasteiger partial charge in [0, 0.05) is 17.7 Å². The van der Waals surface area contributed by atoms with Gasteiger partial charge in [0.1, 0.15) is 17.2 Å². The third-order valence-corrected chi connectivity index (χ3v) is 6.55. The molecule has 7 nitrogen and oxygen atoms in total. The number of rotatable bonds is 6. The highest BCUT2D eigenvalue weighted by Crippen LogP contribution is 2.38. The van der Waals surface area contributed by atoms with Gasteiger partial charge in [-0.25, -0.2) is 23.3 Å². The summed E-state index contributed by atoms with van der Waals surface area (Å²) in [5.74, 6) is -4.48. The zero-order valence-corrected chi connectivity index (χ0v) is 21.3. The van der Waals surface area contributed by atoms with Crippen LogP contribution >= 0.6 is 0 Å². The van der Waals surface area contributed by atoms with E-state index in [1.54, 1.807) is 0 Å². The predicted molar refractivity (Wildman–Crippen MR) is 132 cm³/mol. The van der Waals surface area contributed by atoms with Crippen LogP contribution in [0.1, 0.15) is 51.3 Å². The maximum absolute atomic E-state index is 14.2. The van der Waals surface area contributed by atoms with Crippen LogP contribution in [-0.2, 0) is 22.3 Å². The summed E-state index contributed by atoms with van der Waals surface area (Å²) in [6, 6.07) is 9.37. The first-order valence-corrected chi connectivity index (χ1v) is 11.7. The van der Waals surface area contributed by atoms with Gasteiger partial charge in [0.2, 0.25) is 0 Å². The number of hydrogen-bond acceptors (Lipinski definition) is 5. The summed E-state index contributed by atoms with van der Waals surface area (Å²) in [6.45, 7) is 2.33. The topological polar surface area (TPSA) is 84.0 Å². The number of amides is 3. The van der Waals surface area contributed by atoms with Gasteiger partial charge in [0.15, 0.2) is 5.78 Å². The molecule has 0 aliphatic carbocycles. The van der Waals surface area contributed by atoms with Crippen molar-refractivity contribution in [1.29, 1.82) is 0 Å². The van der Waals surface area contributed by atoms with E-state index >= 15 is 0 Å². The van der Waals surface area contributed by atoms with E-state index in [9.17, 15) is 41.1 Å². The molecule has 0 saturated carbocycles. The molecule has 0 atom stereocenters. The molecule has 0 bridgehead atoms. The van der Waals surface area contributed by atoms with Gasteiger partial charge in [-0.15, -0.1) is 0 Å². The molecule has 3 aromatic carbocycles. The first kappa shape index (κ1) is 28.4. The van der Waals surface area contributed by atoms with Gasteiger partial charge in [0.25, 0.3) is 5.91 Å². The third-order valence-electron chi connectivity index (χ3n) is 6.55. The largest absolute Gasteiger partial charge is 0.465 e. The van der Waals surface area contributed by atoms with Crippen molar-refractivity contribution >= 4 is 29.4 Å². The Morgan fingerprint density at radius 1 is 0.900 bits per heavy atom. The van der Waals surface area contributed by atoms with Gasteiger partial charge in [-0.1, -0.05) is 18.2 Å². The molecule has 208 valence electrons. The Kier molecular flexibility index (Phi) is 7.22. The number of methoxy groups -OCH3 is 1. The van der Waals surface area contributed by atoms with E-state index < -0.39 is 58.3 Å². The quantitative estimate of drug-likeness (QED) is 0.166. The van der Waals surface area contributed by atoms with Crippen LogP contribution in [-0.4, -0.2) is 41.2 Å². The Labute approximate surface area is 224 Å². The van der Waals surface area contributed by atoms with E-state index in [1.165, 1.54) is 51.3 Å². The normalized spacial score (nSPS) is 15.0. The molecular formula is C28H21F5N2O5. The highest BCUT2D eigenvalue weighted by atomic mass is 19.4. The lowest BCUT2D eigenvalue weighted by atomic mass is 9.96. The number of carbonyl (C=O) groups excluding carboxylic acids is 4. The van der Waals surface area contributed by atoms with Crippen LogP contribution in [0.4, 0.5) is 32.4 Å². The molecule has 1 aliphatic heterocycles. The zero-order valence-electron chi connectivity index (χ0n) is 21.3. The summed E-state index contributed by atoms with van der Waals surface area (Å²) in [7, 11) is 1.19. The smallest absolute Gasteiger partial charge is 0.419 e. The fraction of sp³-hybridized carbons (Fsp3) is 0.214. The molecule has 1 saturated heterocycles. The van der Waals surface area contributed by atoms with Gasteiger partial charge in [-0.2, -0.15) is 13.2 Å². The summed E-state index contributed by atoms with van der Waals surface area (Å²) in [6.07, 6.45) is -5.07. The average Bonchev–Trinajstić information content (AvgIpc) is 3.07. The second-order valence-electron chi connectivity index (χ2n) is 9.43. The Morgan fingerprint density at radius 2 is 1.52 bits per heavy atom. The minimum absolute atomic E-state index is 0.0928. The van der Waals surface area contributed by atoms with Gasteiger partial charge in [-0.3, -0.25) is 9.59 Å². The number of benzene rings is 3. The van der Waals surface area contributed by atoms with Crippen molar-refractivity contribution in [3.8, 4) is 0 Å². The third kappa shape index (κ3) is 5.04. The highest BCUT2D eigenvalue weighted by Gasteiger charge is 2.52. The highest BCUT2D eigenvalue weighted by molar-refractivity contribution is 6.23. The van der Waals surface area contributed by atoms with E-state index in [0.717, 1.165) is 23.1 Å². The number of imide groups is 1. The van der Waals surface area contributed by atoms with E-state index in [-0.39, 0.29) is 28.8 Å². The molecule has 1 fully saturated rings. The molecule has 1 heterocycles. The van der Waals surface area contributed by atoms with Crippen molar-refractivity contribution in [2.24, 2.45) is 0 Å². The van der Waals surface area contributed by atoms with E-state index in [1.807, 2.05) is 0 Å².